The third-order valence-electron chi connectivity index (χ3n) is 2.61. The van der Waals surface area contributed by atoms with Crippen LogP contribution < -0.4 is 20.5 Å². The van der Waals surface area contributed by atoms with Crippen LogP contribution >= 0.6 is 0 Å². The van der Waals surface area contributed by atoms with Crippen molar-refractivity contribution in [3.63, 3.8) is 0 Å². The molecule has 0 spiro atoms. The molecular formula is C15H16F2N2O2. The molecule has 112 valence electrons. The van der Waals surface area contributed by atoms with Crippen molar-refractivity contribution in [2.75, 3.05) is 17.7 Å². The molecular weight excluding hydrogens is 278 g/mol. The highest BCUT2D eigenvalue weighted by molar-refractivity contribution is 5.66. The summed E-state index contributed by atoms with van der Waals surface area (Å²) in [6, 6.07) is 11.5. The fourth-order valence-corrected chi connectivity index (χ4v) is 1.83. The molecule has 2 rings (SSSR count). The van der Waals surface area contributed by atoms with E-state index in [0.29, 0.717) is 18.0 Å². The van der Waals surface area contributed by atoms with Crippen LogP contribution in [0.4, 0.5) is 25.8 Å². The number of hydrogen-bond donors (Lipinski definition) is 2. The van der Waals surface area contributed by atoms with Gasteiger partial charge in [0, 0.05) is 29.2 Å². The minimum absolute atomic E-state index is 0.109. The van der Waals surface area contributed by atoms with E-state index in [1.807, 2.05) is 13.0 Å². The molecule has 0 aliphatic rings. The summed E-state index contributed by atoms with van der Waals surface area (Å²) in [4.78, 5) is 0. The summed E-state index contributed by atoms with van der Waals surface area (Å²) < 4.78 is 33.8. The first-order valence-electron chi connectivity index (χ1n) is 6.42. The predicted molar refractivity (Wildman–Crippen MR) is 78.4 cm³/mol. The van der Waals surface area contributed by atoms with Crippen LogP contribution in [0.25, 0.3) is 0 Å². The van der Waals surface area contributed by atoms with Crippen LogP contribution in [0.1, 0.15) is 6.92 Å². The van der Waals surface area contributed by atoms with Gasteiger partial charge in [-0.2, -0.15) is 8.78 Å². The topological polar surface area (TPSA) is 56.5 Å². The van der Waals surface area contributed by atoms with Gasteiger partial charge in [0.2, 0.25) is 0 Å². The molecule has 0 amide bonds. The third-order valence-corrected chi connectivity index (χ3v) is 2.61. The van der Waals surface area contributed by atoms with Gasteiger partial charge in [-0.25, -0.2) is 0 Å². The summed E-state index contributed by atoms with van der Waals surface area (Å²) in [5.41, 5.74) is 7.85. The number of nitrogens with two attached hydrogens (primary N) is 1. The first-order valence-corrected chi connectivity index (χ1v) is 6.42. The molecule has 2 aromatic carbocycles. The fourth-order valence-electron chi connectivity index (χ4n) is 1.83. The van der Waals surface area contributed by atoms with Crippen LogP contribution in [0.5, 0.6) is 11.5 Å². The molecule has 3 N–H and O–H groups in total. The van der Waals surface area contributed by atoms with E-state index in [-0.39, 0.29) is 5.75 Å². The predicted octanol–water partition coefficient (Wildman–Crippen LogP) is 4.01. The molecule has 0 aromatic heterocycles. The molecule has 4 nitrogen and oxygen atoms in total. The Morgan fingerprint density at radius 1 is 1.05 bits per heavy atom. The maximum absolute atomic E-state index is 12.1. The standard InChI is InChI=1S/C15H16F2N2O2/c1-2-20-14-8-10(18)7-12(9-14)19-11-3-5-13(6-4-11)21-15(16)17/h3-9,15,19H,2,18H2,1H3. The lowest BCUT2D eigenvalue weighted by atomic mass is 10.2. The summed E-state index contributed by atoms with van der Waals surface area (Å²) in [5, 5.41) is 3.12. The summed E-state index contributed by atoms with van der Waals surface area (Å²) in [5.74, 6) is 0.774. The Labute approximate surface area is 121 Å². The van der Waals surface area contributed by atoms with Crippen molar-refractivity contribution in [2.24, 2.45) is 0 Å². The molecule has 2 aromatic rings. The first kappa shape index (κ1) is 14.9. The van der Waals surface area contributed by atoms with E-state index < -0.39 is 6.61 Å². The quantitative estimate of drug-likeness (QED) is 0.790. The molecule has 0 atom stereocenters. The molecule has 21 heavy (non-hydrogen) atoms. The van der Waals surface area contributed by atoms with Crippen molar-refractivity contribution >= 4 is 17.1 Å². The first-order chi connectivity index (χ1) is 10.1. The Hall–Kier alpha value is -2.50. The van der Waals surface area contributed by atoms with E-state index in [1.54, 1.807) is 24.3 Å². The van der Waals surface area contributed by atoms with Gasteiger partial charge in [0.25, 0.3) is 0 Å². The number of nitrogens with one attached hydrogen (secondary N) is 1. The molecule has 6 heteroatoms. The molecule has 0 saturated carbocycles. The van der Waals surface area contributed by atoms with Crippen molar-refractivity contribution in [2.45, 2.75) is 13.5 Å². The number of benzene rings is 2. The average Bonchev–Trinajstić information content (AvgIpc) is 2.40. The molecule has 0 saturated heterocycles. The number of nitrogen functional groups attached to an aromatic ring is 1. The number of hydrogen-bond acceptors (Lipinski definition) is 4. The van der Waals surface area contributed by atoms with Crippen molar-refractivity contribution < 1.29 is 18.3 Å². The zero-order valence-corrected chi connectivity index (χ0v) is 11.5. The van der Waals surface area contributed by atoms with E-state index in [9.17, 15) is 8.78 Å². The molecule has 0 aliphatic heterocycles. The molecule has 0 bridgehead atoms. The Bertz CT molecular complexity index is 589. The van der Waals surface area contributed by atoms with Gasteiger partial charge in [-0.1, -0.05) is 0 Å². The minimum Gasteiger partial charge on any atom is -0.494 e. The van der Waals surface area contributed by atoms with E-state index in [2.05, 4.69) is 10.1 Å². The number of halogens is 2. The van der Waals surface area contributed by atoms with E-state index in [0.717, 1.165) is 11.4 Å². The monoisotopic (exact) mass is 294 g/mol. The lowest BCUT2D eigenvalue weighted by Gasteiger charge is -2.11. The summed E-state index contributed by atoms with van der Waals surface area (Å²) >= 11 is 0. The van der Waals surface area contributed by atoms with Crippen molar-refractivity contribution in [1.82, 2.24) is 0 Å². The highest BCUT2D eigenvalue weighted by Crippen LogP contribution is 2.26. The molecule has 0 unspecified atom stereocenters. The zero-order valence-electron chi connectivity index (χ0n) is 11.5. The lowest BCUT2D eigenvalue weighted by Crippen LogP contribution is -2.01. The zero-order chi connectivity index (χ0) is 15.2. The van der Waals surface area contributed by atoms with Crippen LogP contribution in [0.2, 0.25) is 0 Å². The van der Waals surface area contributed by atoms with Crippen LogP contribution in [0.3, 0.4) is 0 Å². The second kappa shape index (κ2) is 6.78. The van der Waals surface area contributed by atoms with Crippen LogP contribution in [0, 0.1) is 0 Å². The van der Waals surface area contributed by atoms with Crippen molar-refractivity contribution in [1.29, 1.82) is 0 Å². The maximum Gasteiger partial charge on any atom is 0.387 e. The van der Waals surface area contributed by atoms with E-state index >= 15 is 0 Å². The highest BCUT2D eigenvalue weighted by atomic mass is 19.3. The second-order valence-corrected chi connectivity index (χ2v) is 4.25. The summed E-state index contributed by atoms with van der Waals surface area (Å²) in [6.07, 6.45) is 0. The molecule has 0 aliphatic carbocycles. The van der Waals surface area contributed by atoms with Crippen LogP contribution in [-0.4, -0.2) is 13.2 Å². The largest absolute Gasteiger partial charge is 0.494 e. The summed E-state index contributed by atoms with van der Waals surface area (Å²) in [6.45, 7) is -0.396. The van der Waals surface area contributed by atoms with E-state index in [4.69, 9.17) is 10.5 Å². The van der Waals surface area contributed by atoms with Gasteiger partial charge in [0.05, 0.1) is 6.61 Å². The summed E-state index contributed by atoms with van der Waals surface area (Å²) in [7, 11) is 0. The van der Waals surface area contributed by atoms with Crippen LogP contribution in [-0.2, 0) is 0 Å². The van der Waals surface area contributed by atoms with Gasteiger partial charge < -0.3 is 20.5 Å². The number of rotatable bonds is 6. The van der Waals surface area contributed by atoms with Gasteiger partial charge in [0.15, 0.2) is 0 Å². The number of anilines is 3. The Kier molecular flexibility index (Phi) is 4.81. The SMILES string of the molecule is CCOc1cc(N)cc(Nc2ccc(OC(F)F)cc2)c1. The number of alkyl halides is 2. The molecule has 0 fully saturated rings. The van der Waals surface area contributed by atoms with Gasteiger partial charge in [0.1, 0.15) is 11.5 Å². The van der Waals surface area contributed by atoms with Crippen LogP contribution in [0.15, 0.2) is 42.5 Å². The van der Waals surface area contributed by atoms with Crippen molar-refractivity contribution in [3.8, 4) is 11.5 Å². The smallest absolute Gasteiger partial charge is 0.387 e. The van der Waals surface area contributed by atoms with Gasteiger partial charge >= 0.3 is 6.61 Å². The second-order valence-electron chi connectivity index (χ2n) is 4.25. The van der Waals surface area contributed by atoms with Gasteiger partial charge in [-0.3, -0.25) is 0 Å². The van der Waals surface area contributed by atoms with Gasteiger partial charge in [-0.05, 0) is 37.3 Å². The van der Waals surface area contributed by atoms with E-state index in [1.165, 1.54) is 12.1 Å². The van der Waals surface area contributed by atoms with Gasteiger partial charge in [-0.15, -0.1) is 0 Å². The highest BCUT2D eigenvalue weighted by Gasteiger charge is 2.04. The third kappa shape index (κ3) is 4.52. The number of ether oxygens (including phenoxy) is 2. The average molecular weight is 294 g/mol. The normalized spacial score (nSPS) is 10.5. The Morgan fingerprint density at radius 3 is 2.38 bits per heavy atom. The Morgan fingerprint density at radius 2 is 1.76 bits per heavy atom. The lowest BCUT2D eigenvalue weighted by molar-refractivity contribution is -0.0498. The molecule has 0 radical (unpaired) electrons. The van der Waals surface area contributed by atoms with Crippen molar-refractivity contribution in [3.05, 3.63) is 42.5 Å². The maximum atomic E-state index is 12.1. The minimum atomic E-state index is -2.83. The molecule has 0 heterocycles. The fraction of sp³-hybridized carbons (Fsp3) is 0.200. The Balaban J connectivity index is 2.10.